The maximum atomic E-state index is 12.4. The highest BCUT2D eigenvalue weighted by molar-refractivity contribution is 7.22. The minimum Gasteiger partial charge on any atom is -0.481 e. The molecule has 0 aliphatic rings. The molecule has 0 unspecified atom stereocenters. The van der Waals surface area contributed by atoms with E-state index in [1.807, 2.05) is 38.3 Å². The van der Waals surface area contributed by atoms with Crippen molar-refractivity contribution in [3.8, 4) is 9.88 Å². The third-order valence-corrected chi connectivity index (χ3v) is 5.35. The maximum Gasteiger partial charge on any atom is 0.303 e. The van der Waals surface area contributed by atoms with Gasteiger partial charge in [-0.15, -0.1) is 22.7 Å². The van der Waals surface area contributed by atoms with Crippen LogP contribution in [0.3, 0.4) is 0 Å². The van der Waals surface area contributed by atoms with E-state index in [1.165, 1.54) is 11.3 Å². The van der Waals surface area contributed by atoms with Gasteiger partial charge in [0.25, 0.3) is 5.91 Å². The van der Waals surface area contributed by atoms with Gasteiger partial charge in [0.15, 0.2) is 0 Å². The number of carboxylic acids is 1. The second kappa shape index (κ2) is 6.58. The molecule has 0 aliphatic carbocycles. The van der Waals surface area contributed by atoms with Crippen molar-refractivity contribution < 1.29 is 14.7 Å². The molecule has 2 rings (SSSR count). The number of aliphatic carboxylic acids is 1. The molecule has 0 spiro atoms. The summed E-state index contributed by atoms with van der Waals surface area (Å²) in [6, 6.07) is 3.92. The summed E-state index contributed by atoms with van der Waals surface area (Å²) in [6.07, 6.45) is 0.402. The number of thiophene rings is 1. The molecule has 5 nitrogen and oxygen atoms in total. The first-order valence-electron chi connectivity index (χ1n) is 6.84. The van der Waals surface area contributed by atoms with Crippen LogP contribution >= 0.6 is 22.7 Å². The van der Waals surface area contributed by atoms with E-state index in [0.717, 1.165) is 9.88 Å². The summed E-state index contributed by atoms with van der Waals surface area (Å²) in [7, 11) is 0. The number of aryl methyl sites for hydroxylation is 1. The third-order valence-electron chi connectivity index (χ3n) is 3.15. The molecule has 22 heavy (non-hydrogen) atoms. The van der Waals surface area contributed by atoms with Gasteiger partial charge in [-0.3, -0.25) is 9.59 Å². The summed E-state index contributed by atoms with van der Waals surface area (Å²) in [5.41, 5.74) is 0.120. The fourth-order valence-corrected chi connectivity index (χ4v) is 3.72. The van der Waals surface area contributed by atoms with E-state index in [9.17, 15) is 9.59 Å². The first-order chi connectivity index (χ1) is 10.3. The van der Waals surface area contributed by atoms with Gasteiger partial charge >= 0.3 is 5.97 Å². The highest BCUT2D eigenvalue weighted by atomic mass is 32.1. The molecule has 0 radical (unpaired) electrons. The molecule has 0 fully saturated rings. The number of thiazole rings is 1. The maximum absolute atomic E-state index is 12.4. The highest BCUT2D eigenvalue weighted by Crippen LogP contribution is 2.31. The number of nitrogens with one attached hydrogen (secondary N) is 1. The van der Waals surface area contributed by atoms with Crippen LogP contribution in [0.15, 0.2) is 17.5 Å². The summed E-state index contributed by atoms with van der Waals surface area (Å²) in [4.78, 5) is 29.2. The molecule has 2 heterocycles. The summed E-state index contributed by atoms with van der Waals surface area (Å²) in [5.74, 6) is -1.07. The summed E-state index contributed by atoms with van der Waals surface area (Å²) in [5, 5.41) is 14.5. The molecule has 1 amide bonds. The average Bonchev–Trinajstić information content (AvgIpc) is 3.04. The number of rotatable bonds is 6. The predicted octanol–water partition coefficient (Wildman–Crippen LogP) is 3.55. The van der Waals surface area contributed by atoms with Crippen molar-refractivity contribution in [1.29, 1.82) is 0 Å². The second-order valence-electron chi connectivity index (χ2n) is 5.64. The Morgan fingerprint density at radius 3 is 2.73 bits per heavy atom. The van der Waals surface area contributed by atoms with E-state index >= 15 is 0 Å². The van der Waals surface area contributed by atoms with Gasteiger partial charge in [0.05, 0.1) is 10.6 Å². The lowest BCUT2D eigenvalue weighted by Gasteiger charge is -2.25. The van der Waals surface area contributed by atoms with E-state index in [-0.39, 0.29) is 12.3 Å². The van der Waals surface area contributed by atoms with Crippen molar-refractivity contribution in [2.45, 2.75) is 39.2 Å². The molecule has 7 heteroatoms. The average molecular weight is 338 g/mol. The molecule has 0 aromatic carbocycles. The van der Waals surface area contributed by atoms with Gasteiger partial charge in [-0.1, -0.05) is 6.07 Å². The van der Waals surface area contributed by atoms with Gasteiger partial charge in [0, 0.05) is 12.0 Å². The number of hydrogen-bond acceptors (Lipinski definition) is 5. The standard InChI is InChI=1S/C15H18N2O3S2/c1-9-12(22-14(16-9)10-5-4-8-21-10)13(20)17-15(2,3)7-6-11(18)19/h4-5,8H,6-7H2,1-3H3,(H,17,20)(H,18,19). The van der Waals surface area contributed by atoms with Crippen molar-refractivity contribution in [2.75, 3.05) is 0 Å². The number of carbonyl (C=O) groups is 2. The Morgan fingerprint density at radius 1 is 1.41 bits per heavy atom. The molecule has 0 saturated heterocycles. The molecular weight excluding hydrogens is 320 g/mol. The molecule has 2 aromatic heterocycles. The normalized spacial score (nSPS) is 11.4. The van der Waals surface area contributed by atoms with E-state index in [2.05, 4.69) is 10.3 Å². The molecule has 2 N–H and O–H groups in total. The third kappa shape index (κ3) is 4.14. The molecule has 118 valence electrons. The lowest BCUT2D eigenvalue weighted by molar-refractivity contribution is -0.137. The first-order valence-corrected chi connectivity index (χ1v) is 8.54. The van der Waals surface area contributed by atoms with E-state index in [0.29, 0.717) is 17.0 Å². The van der Waals surface area contributed by atoms with Gasteiger partial charge in [-0.25, -0.2) is 4.98 Å². The van der Waals surface area contributed by atoms with Crippen LogP contribution in [0.1, 0.15) is 42.1 Å². The number of hydrogen-bond donors (Lipinski definition) is 2. The summed E-state index contributed by atoms with van der Waals surface area (Å²) < 4.78 is 0. The van der Waals surface area contributed by atoms with E-state index in [1.54, 1.807) is 11.3 Å². The van der Waals surface area contributed by atoms with Crippen LogP contribution in [-0.4, -0.2) is 27.5 Å². The minimum atomic E-state index is -0.865. The Kier molecular flexibility index (Phi) is 4.97. The number of nitrogens with zero attached hydrogens (tertiary/aromatic N) is 1. The van der Waals surface area contributed by atoms with Crippen LogP contribution in [0, 0.1) is 6.92 Å². The molecule has 0 atom stereocenters. The van der Waals surface area contributed by atoms with Crippen molar-refractivity contribution >= 4 is 34.6 Å². The number of amides is 1. The molecule has 0 aliphatic heterocycles. The van der Waals surface area contributed by atoms with Crippen molar-refractivity contribution in [2.24, 2.45) is 0 Å². The molecule has 2 aromatic rings. The van der Waals surface area contributed by atoms with Crippen molar-refractivity contribution in [1.82, 2.24) is 10.3 Å². The largest absolute Gasteiger partial charge is 0.481 e. The zero-order valence-corrected chi connectivity index (χ0v) is 14.3. The SMILES string of the molecule is Cc1nc(-c2cccs2)sc1C(=O)NC(C)(C)CCC(=O)O. The molecule has 0 saturated carbocycles. The Morgan fingerprint density at radius 2 is 2.14 bits per heavy atom. The number of carboxylic acid groups (broad SMARTS) is 1. The zero-order valence-electron chi connectivity index (χ0n) is 12.7. The van der Waals surface area contributed by atoms with Gasteiger partial charge < -0.3 is 10.4 Å². The topological polar surface area (TPSA) is 79.3 Å². The van der Waals surface area contributed by atoms with Crippen LogP contribution in [0.2, 0.25) is 0 Å². The molecular formula is C15H18N2O3S2. The predicted molar refractivity (Wildman–Crippen MR) is 88.6 cm³/mol. The molecule has 0 bridgehead atoms. The quantitative estimate of drug-likeness (QED) is 0.844. The van der Waals surface area contributed by atoms with Crippen LogP contribution in [0.5, 0.6) is 0 Å². The summed E-state index contributed by atoms with van der Waals surface area (Å²) in [6.45, 7) is 5.46. The van der Waals surface area contributed by atoms with Crippen LogP contribution in [0.4, 0.5) is 0 Å². The van der Waals surface area contributed by atoms with Crippen LogP contribution < -0.4 is 5.32 Å². The second-order valence-corrected chi connectivity index (χ2v) is 7.59. The monoisotopic (exact) mass is 338 g/mol. The zero-order chi connectivity index (χ0) is 16.3. The van der Waals surface area contributed by atoms with Gasteiger partial charge in [-0.2, -0.15) is 0 Å². The Bertz CT molecular complexity index is 675. The van der Waals surface area contributed by atoms with E-state index in [4.69, 9.17) is 5.11 Å². The Hall–Kier alpha value is -1.73. The number of carbonyl (C=O) groups excluding carboxylic acids is 1. The van der Waals surface area contributed by atoms with Crippen LogP contribution in [0.25, 0.3) is 9.88 Å². The van der Waals surface area contributed by atoms with Gasteiger partial charge in [-0.05, 0) is 38.6 Å². The van der Waals surface area contributed by atoms with Gasteiger partial charge in [0.1, 0.15) is 9.88 Å². The smallest absolute Gasteiger partial charge is 0.303 e. The Labute approximate surface area is 137 Å². The van der Waals surface area contributed by atoms with Crippen molar-refractivity contribution in [3.05, 3.63) is 28.1 Å². The van der Waals surface area contributed by atoms with E-state index < -0.39 is 11.5 Å². The number of aromatic nitrogens is 1. The summed E-state index contributed by atoms with van der Waals surface area (Å²) >= 11 is 2.95. The van der Waals surface area contributed by atoms with Crippen LogP contribution in [-0.2, 0) is 4.79 Å². The fourth-order valence-electron chi connectivity index (χ4n) is 1.96. The first kappa shape index (κ1) is 16.6. The minimum absolute atomic E-state index is 0.0232. The Balaban J connectivity index is 2.11. The highest BCUT2D eigenvalue weighted by Gasteiger charge is 2.25. The lowest BCUT2D eigenvalue weighted by Crippen LogP contribution is -2.43. The van der Waals surface area contributed by atoms with Gasteiger partial charge in [0.2, 0.25) is 0 Å². The van der Waals surface area contributed by atoms with Crippen molar-refractivity contribution in [3.63, 3.8) is 0 Å². The lowest BCUT2D eigenvalue weighted by atomic mass is 9.98. The fraction of sp³-hybridized carbons (Fsp3) is 0.400.